The van der Waals surface area contributed by atoms with Gasteiger partial charge in [-0.2, -0.15) is 0 Å². The SMILES string of the molecule is Cc1ccc(NC(=O)CCc2nnc(SCC(=O)Nc3c(C)cccc3C)n2C)cc1. The quantitative estimate of drug-likeness (QED) is 0.519. The number of amides is 2. The molecular weight excluding hydrogens is 410 g/mol. The Kier molecular flexibility index (Phi) is 7.46. The van der Waals surface area contributed by atoms with Gasteiger partial charge in [0.15, 0.2) is 5.16 Å². The van der Waals surface area contributed by atoms with E-state index >= 15 is 0 Å². The largest absolute Gasteiger partial charge is 0.326 e. The lowest BCUT2D eigenvalue weighted by atomic mass is 10.1. The first-order chi connectivity index (χ1) is 14.8. The maximum atomic E-state index is 12.4. The van der Waals surface area contributed by atoms with E-state index in [1.165, 1.54) is 11.8 Å². The predicted molar refractivity (Wildman–Crippen MR) is 124 cm³/mol. The molecule has 0 fully saturated rings. The van der Waals surface area contributed by atoms with E-state index in [4.69, 9.17) is 0 Å². The Morgan fingerprint density at radius 1 is 0.935 bits per heavy atom. The Bertz CT molecular complexity index is 1060. The molecule has 0 atom stereocenters. The smallest absolute Gasteiger partial charge is 0.234 e. The van der Waals surface area contributed by atoms with Gasteiger partial charge in [0.05, 0.1) is 5.75 Å². The van der Waals surface area contributed by atoms with Gasteiger partial charge in [0, 0.05) is 31.3 Å². The monoisotopic (exact) mass is 437 g/mol. The molecule has 0 aliphatic carbocycles. The summed E-state index contributed by atoms with van der Waals surface area (Å²) >= 11 is 1.32. The number of benzene rings is 2. The molecule has 162 valence electrons. The molecule has 2 aromatic carbocycles. The van der Waals surface area contributed by atoms with E-state index < -0.39 is 0 Å². The van der Waals surface area contributed by atoms with Gasteiger partial charge in [-0.1, -0.05) is 47.7 Å². The van der Waals surface area contributed by atoms with E-state index in [-0.39, 0.29) is 17.6 Å². The molecule has 0 unspecified atom stereocenters. The van der Waals surface area contributed by atoms with Gasteiger partial charge in [0.25, 0.3) is 0 Å². The van der Waals surface area contributed by atoms with Crippen LogP contribution in [0.5, 0.6) is 0 Å². The Morgan fingerprint density at radius 2 is 1.61 bits per heavy atom. The zero-order chi connectivity index (χ0) is 22.4. The maximum Gasteiger partial charge on any atom is 0.234 e. The van der Waals surface area contributed by atoms with Crippen LogP contribution in [0.3, 0.4) is 0 Å². The van der Waals surface area contributed by atoms with Gasteiger partial charge in [-0.3, -0.25) is 9.59 Å². The average Bonchev–Trinajstić information content (AvgIpc) is 3.09. The third kappa shape index (κ3) is 6.18. The number of nitrogens with one attached hydrogen (secondary N) is 2. The number of carbonyl (C=O) groups is 2. The summed E-state index contributed by atoms with van der Waals surface area (Å²) < 4.78 is 1.83. The first-order valence-electron chi connectivity index (χ1n) is 10.1. The molecule has 2 amide bonds. The Hall–Kier alpha value is -3.13. The molecule has 1 heterocycles. The summed E-state index contributed by atoms with van der Waals surface area (Å²) in [7, 11) is 1.85. The fraction of sp³-hybridized carbons (Fsp3) is 0.304. The van der Waals surface area contributed by atoms with Gasteiger partial charge < -0.3 is 15.2 Å². The summed E-state index contributed by atoms with van der Waals surface area (Å²) in [5.74, 6) is 0.767. The summed E-state index contributed by atoms with van der Waals surface area (Å²) in [5, 5.41) is 14.8. The van der Waals surface area contributed by atoms with Crippen molar-refractivity contribution in [3.63, 3.8) is 0 Å². The predicted octanol–water partition coefficient (Wildman–Crippen LogP) is 4.04. The third-order valence-electron chi connectivity index (χ3n) is 4.91. The van der Waals surface area contributed by atoms with Crippen LogP contribution in [0.25, 0.3) is 0 Å². The van der Waals surface area contributed by atoms with Gasteiger partial charge in [0.1, 0.15) is 5.82 Å². The first kappa shape index (κ1) is 22.6. The Balaban J connectivity index is 1.50. The van der Waals surface area contributed by atoms with Crippen molar-refractivity contribution in [2.24, 2.45) is 7.05 Å². The molecule has 0 bridgehead atoms. The lowest BCUT2D eigenvalue weighted by molar-refractivity contribution is -0.116. The fourth-order valence-corrected chi connectivity index (χ4v) is 3.82. The minimum atomic E-state index is -0.0931. The molecule has 0 aliphatic heterocycles. The highest BCUT2D eigenvalue weighted by atomic mass is 32.2. The van der Waals surface area contributed by atoms with Crippen LogP contribution < -0.4 is 10.6 Å². The number of aryl methyl sites for hydroxylation is 4. The highest BCUT2D eigenvalue weighted by Crippen LogP contribution is 2.21. The van der Waals surface area contributed by atoms with Gasteiger partial charge >= 0.3 is 0 Å². The number of hydrogen-bond acceptors (Lipinski definition) is 5. The lowest BCUT2D eigenvalue weighted by Crippen LogP contribution is -2.16. The van der Waals surface area contributed by atoms with Crippen LogP contribution in [0, 0.1) is 20.8 Å². The Morgan fingerprint density at radius 3 is 2.29 bits per heavy atom. The third-order valence-corrected chi connectivity index (χ3v) is 5.93. The highest BCUT2D eigenvalue weighted by Gasteiger charge is 2.14. The number of nitrogens with zero attached hydrogens (tertiary/aromatic N) is 3. The van der Waals surface area contributed by atoms with Gasteiger partial charge in [0.2, 0.25) is 11.8 Å². The summed E-state index contributed by atoms with van der Waals surface area (Å²) in [5.41, 5.74) is 4.84. The number of carbonyl (C=O) groups excluding carboxylic acids is 2. The highest BCUT2D eigenvalue weighted by molar-refractivity contribution is 7.99. The topological polar surface area (TPSA) is 88.9 Å². The normalized spacial score (nSPS) is 10.7. The number of para-hydroxylation sites is 1. The molecule has 3 rings (SSSR count). The van der Waals surface area contributed by atoms with E-state index in [9.17, 15) is 9.59 Å². The number of anilines is 2. The van der Waals surface area contributed by atoms with Crippen molar-refractivity contribution in [3.05, 3.63) is 65.0 Å². The summed E-state index contributed by atoms with van der Waals surface area (Å²) in [6, 6.07) is 13.6. The number of aromatic nitrogens is 3. The van der Waals surface area contributed by atoms with Crippen LogP contribution >= 0.6 is 11.8 Å². The van der Waals surface area contributed by atoms with Crippen molar-refractivity contribution in [3.8, 4) is 0 Å². The first-order valence-corrected chi connectivity index (χ1v) is 11.1. The molecule has 7 nitrogen and oxygen atoms in total. The van der Waals surface area contributed by atoms with E-state index in [0.29, 0.717) is 23.8 Å². The van der Waals surface area contributed by atoms with Crippen LogP contribution in [0.1, 0.15) is 28.9 Å². The fourth-order valence-electron chi connectivity index (χ4n) is 3.09. The second-order valence-electron chi connectivity index (χ2n) is 7.48. The second kappa shape index (κ2) is 10.3. The summed E-state index contributed by atoms with van der Waals surface area (Å²) in [6.07, 6.45) is 0.772. The maximum absolute atomic E-state index is 12.4. The molecule has 0 spiro atoms. The van der Waals surface area contributed by atoms with E-state index in [0.717, 1.165) is 28.1 Å². The lowest BCUT2D eigenvalue weighted by Gasteiger charge is -2.11. The minimum absolute atomic E-state index is 0.0750. The molecule has 0 saturated heterocycles. The molecule has 3 aromatic rings. The van der Waals surface area contributed by atoms with Gasteiger partial charge in [-0.25, -0.2) is 0 Å². The van der Waals surface area contributed by atoms with Crippen LogP contribution in [-0.4, -0.2) is 32.3 Å². The van der Waals surface area contributed by atoms with E-state index in [1.807, 2.05) is 74.9 Å². The number of thioether (sulfide) groups is 1. The Labute approximate surface area is 186 Å². The molecule has 0 aliphatic rings. The van der Waals surface area contributed by atoms with Crippen LogP contribution in [-0.2, 0) is 23.1 Å². The van der Waals surface area contributed by atoms with Gasteiger partial charge in [-0.05, 0) is 44.0 Å². The second-order valence-corrected chi connectivity index (χ2v) is 8.42. The van der Waals surface area contributed by atoms with E-state index in [2.05, 4.69) is 20.8 Å². The van der Waals surface area contributed by atoms with E-state index in [1.54, 1.807) is 0 Å². The van der Waals surface area contributed by atoms with Crippen molar-refractivity contribution in [2.75, 3.05) is 16.4 Å². The molecule has 0 radical (unpaired) electrons. The minimum Gasteiger partial charge on any atom is -0.326 e. The molecule has 2 N–H and O–H groups in total. The standard InChI is InChI=1S/C23H27N5O2S/c1-15-8-10-18(11-9-15)24-20(29)13-12-19-26-27-23(28(19)4)31-14-21(30)25-22-16(2)6-5-7-17(22)3/h5-11H,12-14H2,1-4H3,(H,24,29)(H,25,30). The average molecular weight is 438 g/mol. The summed E-state index contributed by atoms with van der Waals surface area (Å²) in [4.78, 5) is 24.6. The molecule has 0 saturated carbocycles. The zero-order valence-electron chi connectivity index (χ0n) is 18.2. The van der Waals surface area contributed by atoms with Crippen molar-refractivity contribution in [1.82, 2.24) is 14.8 Å². The molecule has 8 heteroatoms. The van der Waals surface area contributed by atoms with Gasteiger partial charge in [-0.15, -0.1) is 10.2 Å². The molecule has 31 heavy (non-hydrogen) atoms. The van der Waals surface area contributed by atoms with Crippen molar-refractivity contribution in [2.45, 2.75) is 38.8 Å². The van der Waals surface area contributed by atoms with Crippen LogP contribution in [0.2, 0.25) is 0 Å². The van der Waals surface area contributed by atoms with Crippen LogP contribution in [0.4, 0.5) is 11.4 Å². The summed E-state index contributed by atoms with van der Waals surface area (Å²) in [6.45, 7) is 5.95. The van der Waals surface area contributed by atoms with Crippen molar-refractivity contribution < 1.29 is 9.59 Å². The van der Waals surface area contributed by atoms with Crippen LogP contribution in [0.15, 0.2) is 47.6 Å². The number of rotatable bonds is 8. The van der Waals surface area contributed by atoms with Crippen molar-refractivity contribution in [1.29, 1.82) is 0 Å². The number of hydrogen-bond donors (Lipinski definition) is 2. The zero-order valence-corrected chi connectivity index (χ0v) is 19.0. The molecular formula is C23H27N5O2S. The molecule has 1 aromatic heterocycles. The van der Waals surface area contributed by atoms with Crippen molar-refractivity contribution >= 4 is 35.0 Å².